The second kappa shape index (κ2) is 10.9. The number of nitrogens with zero attached hydrogens (tertiary/aromatic N) is 3. The normalized spacial score (nSPS) is 26.6. The highest BCUT2D eigenvalue weighted by atomic mass is 19.1. The maximum absolute atomic E-state index is 13.3. The number of halogens is 1. The lowest BCUT2D eigenvalue weighted by atomic mass is 9.94. The van der Waals surface area contributed by atoms with Crippen LogP contribution in [0.1, 0.15) is 30.5 Å². The fourth-order valence-corrected chi connectivity index (χ4v) is 4.34. The first kappa shape index (κ1) is 22.7. The van der Waals surface area contributed by atoms with Gasteiger partial charge < -0.3 is 19.9 Å². The second-order valence-electron chi connectivity index (χ2n) is 8.37. The van der Waals surface area contributed by atoms with Crippen molar-refractivity contribution in [3.8, 4) is 0 Å². The highest BCUT2D eigenvalue weighted by Crippen LogP contribution is 2.28. The third kappa shape index (κ3) is 6.29. The number of β-amino-alcohol motifs (C(OH)–C–C–N with tert-alkyl or cyclic N) is 1. The zero-order chi connectivity index (χ0) is 22.3. The zero-order valence-corrected chi connectivity index (χ0v) is 17.9. The van der Waals surface area contributed by atoms with Crippen LogP contribution in [0.25, 0.3) is 0 Å². The second-order valence-corrected chi connectivity index (χ2v) is 8.37. The minimum absolute atomic E-state index is 0.0512. The van der Waals surface area contributed by atoms with Crippen LogP contribution in [0.2, 0.25) is 0 Å². The summed E-state index contributed by atoms with van der Waals surface area (Å²) in [7, 11) is 0. The molecule has 1 aromatic carbocycles. The molecule has 9 heteroatoms. The first-order valence-electron chi connectivity index (χ1n) is 11.0. The van der Waals surface area contributed by atoms with Gasteiger partial charge in [-0.1, -0.05) is 12.1 Å². The number of carbonyl (C=O) groups is 1. The van der Waals surface area contributed by atoms with Crippen LogP contribution in [-0.2, 0) is 27.4 Å². The summed E-state index contributed by atoms with van der Waals surface area (Å²) in [5, 5.41) is 13.2. The molecule has 1 amide bonds. The summed E-state index contributed by atoms with van der Waals surface area (Å²) in [6.07, 6.45) is 3.94. The first-order chi connectivity index (χ1) is 15.6. The van der Waals surface area contributed by atoms with E-state index in [1.165, 1.54) is 18.5 Å². The number of hydrogen-bond acceptors (Lipinski definition) is 7. The van der Waals surface area contributed by atoms with E-state index in [0.717, 1.165) is 24.1 Å². The van der Waals surface area contributed by atoms with Crippen LogP contribution in [0.5, 0.6) is 0 Å². The van der Waals surface area contributed by atoms with Crippen molar-refractivity contribution < 1.29 is 23.8 Å². The molecule has 172 valence electrons. The molecule has 2 saturated heterocycles. The van der Waals surface area contributed by atoms with Crippen LogP contribution < -0.4 is 5.32 Å². The van der Waals surface area contributed by atoms with Crippen molar-refractivity contribution in [1.29, 1.82) is 0 Å². The fraction of sp³-hybridized carbons (Fsp3) is 0.522. The first-order valence-corrected chi connectivity index (χ1v) is 11.0. The number of aliphatic hydroxyl groups excluding tert-OH is 1. The minimum Gasteiger partial charge on any atom is -0.389 e. The number of nitrogens with one attached hydrogen (secondary N) is 1. The Balaban J connectivity index is 1.34. The largest absolute Gasteiger partial charge is 0.389 e. The average Bonchev–Trinajstić information content (AvgIpc) is 2.79. The molecular weight excluding hydrogens is 415 g/mol. The smallest absolute Gasteiger partial charge is 0.222 e. The van der Waals surface area contributed by atoms with E-state index in [2.05, 4.69) is 20.2 Å². The van der Waals surface area contributed by atoms with Crippen LogP contribution >= 0.6 is 0 Å². The van der Waals surface area contributed by atoms with Crippen molar-refractivity contribution in [2.75, 3.05) is 19.8 Å². The molecule has 0 bridgehead atoms. The molecule has 2 fully saturated rings. The predicted molar refractivity (Wildman–Crippen MR) is 114 cm³/mol. The summed E-state index contributed by atoms with van der Waals surface area (Å²) in [5.74, 6) is -0.355. The van der Waals surface area contributed by atoms with Crippen molar-refractivity contribution in [3.05, 3.63) is 59.9 Å². The van der Waals surface area contributed by atoms with E-state index in [9.17, 15) is 14.3 Å². The Morgan fingerprint density at radius 1 is 1.22 bits per heavy atom. The van der Waals surface area contributed by atoms with Gasteiger partial charge in [0, 0.05) is 25.3 Å². The monoisotopic (exact) mass is 444 g/mol. The number of hydrogen-bond donors (Lipinski definition) is 2. The topological polar surface area (TPSA) is 96.8 Å². The Kier molecular flexibility index (Phi) is 7.75. The molecule has 3 heterocycles. The molecule has 4 atom stereocenters. The van der Waals surface area contributed by atoms with Crippen molar-refractivity contribution in [2.45, 2.75) is 56.7 Å². The van der Waals surface area contributed by atoms with E-state index in [4.69, 9.17) is 9.47 Å². The van der Waals surface area contributed by atoms with E-state index in [1.54, 1.807) is 24.4 Å². The van der Waals surface area contributed by atoms with Gasteiger partial charge in [0.05, 0.1) is 50.2 Å². The number of amides is 1. The lowest BCUT2D eigenvalue weighted by molar-refractivity contribution is -0.158. The number of carbonyl (C=O) groups excluding carboxylic acids is 1. The average molecular weight is 445 g/mol. The number of ether oxygens (including phenoxy) is 2. The summed E-state index contributed by atoms with van der Waals surface area (Å²) in [4.78, 5) is 22.6. The number of aromatic nitrogens is 2. The minimum atomic E-state index is -0.596. The van der Waals surface area contributed by atoms with Crippen LogP contribution in [0.4, 0.5) is 4.39 Å². The van der Waals surface area contributed by atoms with E-state index in [0.29, 0.717) is 26.2 Å². The Morgan fingerprint density at radius 3 is 2.84 bits per heavy atom. The summed E-state index contributed by atoms with van der Waals surface area (Å²) >= 11 is 0. The van der Waals surface area contributed by atoms with Crippen LogP contribution in [0.3, 0.4) is 0 Å². The molecule has 0 aliphatic carbocycles. The molecule has 4 rings (SSSR count). The van der Waals surface area contributed by atoms with Crippen molar-refractivity contribution in [3.63, 3.8) is 0 Å². The number of aliphatic hydroxyl groups is 1. The van der Waals surface area contributed by atoms with Crippen LogP contribution in [-0.4, -0.2) is 70.0 Å². The highest BCUT2D eigenvalue weighted by Gasteiger charge is 2.38. The standard InChI is InChI=1S/C23H29FN4O4/c24-17-3-1-16(2-4-17)11-28-12-19(29)13-31-14-22-21(28)6-5-20(32-22)9-23(30)26-10-18-7-8-25-15-27-18/h1-4,7-8,15,19-22,29H,5-6,9-14H2,(H,26,30)/t19-,20+,21+,22-/m1/s1. The number of rotatable bonds is 6. The molecule has 0 unspecified atom stereocenters. The predicted octanol–water partition coefficient (Wildman–Crippen LogP) is 1.43. The van der Waals surface area contributed by atoms with Gasteiger partial charge >= 0.3 is 0 Å². The summed E-state index contributed by atoms with van der Waals surface area (Å²) < 4.78 is 25.2. The summed E-state index contributed by atoms with van der Waals surface area (Å²) in [5.41, 5.74) is 1.73. The third-order valence-electron chi connectivity index (χ3n) is 5.91. The molecule has 0 saturated carbocycles. The van der Waals surface area contributed by atoms with Crippen molar-refractivity contribution in [2.24, 2.45) is 0 Å². The molecule has 0 spiro atoms. The van der Waals surface area contributed by atoms with Crippen LogP contribution in [0, 0.1) is 5.82 Å². The van der Waals surface area contributed by atoms with Gasteiger partial charge in [0.1, 0.15) is 12.1 Å². The summed E-state index contributed by atoms with van der Waals surface area (Å²) in [6.45, 7) is 1.99. The molecule has 32 heavy (non-hydrogen) atoms. The molecule has 1 aromatic heterocycles. The van der Waals surface area contributed by atoms with E-state index < -0.39 is 6.10 Å². The van der Waals surface area contributed by atoms with E-state index in [-0.39, 0.29) is 43.0 Å². The molecule has 2 aromatic rings. The van der Waals surface area contributed by atoms with Crippen molar-refractivity contribution >= 4 is 5.91 Å². The highest BCUT2D eigenvalue weighted by molar-refractivity contribution is 5.76. The molecule has 2 aliphatic rings. The molecule has 0 radical (unpaired) electrons. The lowest BCUT2D eigenvalue weighted by Gasteiger charge is -2.44. The van der Waals surface area contributed by atoms with Gasteiger partial charge in [-0.2, -0.15) is 0 Å². The van der Waals surface area contributed by atoms with Gasteiger partial charge in [0.15, 0.2) is 0 Å². The lowest BCUT2D eigenvalue weighted by Crippen LogP contribution is -2.55. The Bertz CT molecular complexity index is 870. The SMILES string of the molecule is O=C(C[C@@H]1CC[C@H]2[C@@H](COC[C@H](O)CN2Cc2ccc(F)cc2)O1)NCc1ccncn1. The fourth-order valence-electron chi connectivity index (χ4n) is 4.34. The Hall–Kier alpha value is -2.46. The van der Waals surface area contributed by atoms with Gasteiger partial charge in [0.25, 0.3) is 0 Å². The summed E-state index contributed by atoms with van der Waals surface area (Å²) in [6, 6.07) is 8.24. The zero-order valence-electron chi connectivity index (χ0n) is 17.9. The quantitative estimate of drug-likeness (QED) is 0.696. The molecule has 8 nitrogen and oxygen atoms in total. The van der Waals surface area contributed by atoms with Gasteiger partial charge in [-0.15, -0.1) is 0 Å². The van der Waals surface area contributed by atoms with Gasteiger partial charge in [-0.3, -0.25) is 9.69 Å². The number of benzene rings is 1. The molecular formula is C23H29FN4O4. The van der Waals surface area contributed by atoms with Gasteiger partial charge in [0.2, 0.25) is 5.91 Å². The van der Waals surface area contributed by atoms with E-state index >= 15 is 0 Å². The Labute approximate surface area is 186 Å². The van der Waals surface area contributed by atoms with E-state index in [1.807, 2.05) is 0 Å². The Morgan fingerprint density at radius 2 is 2.06 bits per heavy atom. The van der Waals surface area contributed by atoms with Crippen LogP contribution in [0.15, 0.2) is 42.9 Å². The molecule has 2 N–H and O–H groups in total. The van der Waals surface area contributed by atoms with Crippen molar-refractivity contribution in [1.82, 2.24) is 20.2 Å². The molecule has 2 aliphatic heterocycles. The number of fused-ring (bicyclic) bond motifs is 1. The maximum atomic E-state index is 13.3. The van der Waals surface area contributed by atoms with Gasteiger partial charge in [-0.05, 0) is 36.6 Å². The maximum Gasteiger partial charge on any atom is 0.222 e. The van der Waals surface area contributed by atoms with Gasteiger partial charge in [-0.25, -0.2) is 14.4 Å². The third-order valence-corrected chi connectivity index (χ3v) is 5.91.